The highest BCUT2D eigenvalue weighted by Crippen LogP contribution is 2.28. The van der Waals surface area contributed by atoms with E-state index >= 15 is 0 Å². The summed E-state index contributed by atoms with van der Waals surface area (Å²) in [4.78, 5) is 122. The number of carbonyl (C=O) groups is 9. The van der Waals surface area contributed by atoms with E-state index in [1.165, 1.54) is 101 Å². The van der Waals surface area contributed by atoms with Crippen LogP contribution in [0.25, 0.3) is 0 Å². The summed E-state index contributed by atoms with van der Waals surface area (Å²) in [5, 5.41) is 70.9. The third kappa shape index (κ3) is 25.0. The van der Waals surface area contributed by atoms with Crippen LogP contribution in [0.5, 0.6) is 23.0 Å². The molecule has 0 radical (unpaired) electrons. The van der Waals surface area contributed by atoms with Gasteiger partial charge in [0.2, 0.25) is 23.6 Å². The Morgan fingerprint density at radius 1 is 0.394 bits per heavy atom. The summed E-state index contributed by atoms with van der Waals surface area (Å²) >= 11 is 0. The Morgan fingerprint density at radius 3 is 0.926 bits per heavy atom. The Balaban J connectivity index is 1.60. The van der Waals surface area contributed by atoms with Gasteiger partial charge in [-0.15, -0.1) is 0 Å². The third-order valence-electron chi connectivity index (χ3n) is 13.6. The lowest BCUT2D eigenvalue weighted by atomic mass is 10.1. The van der Waals surface area contributed by atoms with Crippen LogP contribution in [0.2, 0.25) is 0 Å². The number of ether oxygens (including phenoxy) is 4. The maximum atomic E-state index is 14.4. The van der Waals surface area contributed by atoms with Crippen LogP contribution in [0.4, 0.5) is 22.7 Å². The van der Waals surface area contributed by atoms with Gasteiger partial charge in [-0.2, -0.15) is 0 Å². The van der Waals surface area contributed by atoms with Crippen molar-refractivity contribution in [1.29, 1.82) is 21.6 Å². The van der Waals surface area contributed by atoms with Crippen LogP contribution < -0.4 is 111 Å². The predicted molar refractivity (Wildman–Crippen MR) is 349 cm³/mol. The number of carbonyl (C=O) groups excluding carboxylic acids is 8. The molecule has 0 unspecified atom stereocenters. The topological polar surface area (TPSA) is 581 Å². The predicted octanol–water partition coefficient (Wildman–Crippen LogP) is -0.544. The van der Waals surface area contributed by atoms with E-state index in [0.29, 0.717) is 13.0 Å². The van der Waals surface area contributed by atoms with Gasteiger partial charge >= 0.3 is 5.97 Å². The lowest BCUT2D eigenvalue weighted by molar-refractivity contribution is -0.137. The molecule has 0 saturated heterocycles. The molecule has 0 heterocycles. The molecular formula is C59H83N21O14. The lowest BCUT2D eigenvalue weighted by Gasteiger charge is -2.22. The lowest BCUT2D eigenvalue weighted by Crippen LogP contribution is -2.45. The van der Waals surface area contributed by atoms with Gasteiger partial charge in [-0.1, -0.05) is 0 Å². The number of nitrogens with two attached hydrogens (primary N) is 5. The second-order valence-corrected chi connectivity index (χ2v) is 20.6. The van der Waals surface area contributed by atoms with Gasteiger partial charge in [-0.3, -0.25) is 64.8 Å². The first-order chi connectivity index (χ1) is 44.8. The molecule has 35 heteroatoms. The number of amides is 8. The number of benzene rings is 4. The van der Waals surface area contributed by atoms with E-state index in [1.807, 2.05) is 0 Å². The second kappa shape index (κ2) is 38.1. The molecule has 4 aromatic carbocycles. The van der Waals surface area contributed by atoms with E-state index in [0.717, 1.165) is 0 Å². The molecule has 27 N–H and O–H groups in total. The van der Waals surface area contributed by atoms with E-state index in [4.69, 9.17) is 74.4 Å². The number of hydrogen-bond donors (Lipinski definition) is 22. The molecule has 35 nitrogen and oxygen atoms in total. The van der Waals surface area contributed by atoms with Crippen molar-refractivity contribution in [3.63, 3.8) is 0 Å². The fraction of sp³-hybridized carbons (Fsp3) is 0.373. The van der Waals surface area contributed by atoms with Crippen LogP contribution in [-0.4, -0.2) is 168 Å². The van der Waals surface area contributed by atoms with Gasteiger partial charge in [-0.05, 0) is 124 Å². The van der Waals surface area contributed by atoms with Crippen LogP contribution in [0.1, 0.15) is 99.2 Å². The number of guanidine groups is 4. The molecule has 0 aromatic heterocycles. The van der Waals surface area contributed by atoms with Gasteiger partial charge < -0.3 is 117 Å². The zero-order chi connectivity index (χ0) is 69.4. The van der Waals surface area contributed by atoms with Crippen molar-refractivity contribution in [2.75, 3.05) is 82.4 Å². The van der Waals surface area contributed by atoms with Gasteiger partial charge in [0.05, 0.1) is 63.2 Å². The fourth-order valence-electron chi connectivity index (χ4n) is 8.93. The number of nitrogens with one attached hydrogen (secondary N) is 16. The zero-order valence-electron chi connectivity index (χ0n) is 52.3. The molecule has 0 aliphatic rings. The molecule has 0 saturated carbocycles. The van der Waals surface area contributed by atoms with Crippen molar-refractivity contribution in [2.45, 2.75) is 82.0 Å². The molecule has 0 spiro atoms. The molecule has 0 aliphatic carbocycles. The SMILES string of the molecule is COc1ccc(NC(=O)[C@@H](CCCNC(=N)N)NC(=O)c2cc(NC(=O)[C@@H](CCCNC(=N)N)NC(=O)c3cc(NC(=O)[C@@H](CCCNC(=N)N)NC(=O)c4cc(NC(=O)[C@H](N)CCCNC(=N)N)ccc4OC)ccc3OC)ccc2OC)cc1C(=O)NCCC(=O)O. The Kier molecular flexibility index (Phi) is 30.4. The van der Waals surface area contributed by atoms with Gasteiger partial charge in [0.15, 0.2) is 23.8 Å². The summed E-state index contributed by atoms with van der Waals surface area (Å²) in [5.41, 5.74) is 27.8. The highest BCUT2D eigenvalue weighted by Gasteiger charge is 2.29. The Hall–Kier alpha value is -11.7. The van der Waals surface area contributed by atoms with Crippen molar-refractivity contribution in [2.24, 2.45) is 28.7 Å². The van der Waals surface area contributed by atoms with E-state index in [1.54, 1.807) is 0 Å². The van der Waals surface area contributed by atoms with Crippen molar-refractivity contribution in [3.05, 3.63) is 95.1 Å². The summed E-state index contributed by atoms with van der Waals surface area (Å²) in [6, 6.07) is 11.7. The fourth-order valence-corrected chi connectivity index (χ4v) is 8.93. The van der Waals surface area contributed by atoms with Gasteiger partial charge in [-0.25, -0.2) is 0 Å². The number of methoxy groups -OCH3 is 4. The molecule has 0 fully saturated rings. The standard InChI is InChI=1S/C59H83N21O14/c1-91-43-17-14-32(27-35(43)48(83)69-26-21-47(81)82)75-53(88)40(10-6-23-71-57(63)64)79-50(85)37-29-34(16-19-45(37)93-3)77-55(90)42(12-8-25-73-59(67)68)80-51(86)38-30-33(15-20-46(38)94-4)76-54(89)41(11-7-24-72-58(65)66)78-49(84)36-28-31(13-18-44(36)92-2)74-52(87)39(60)9-5-22-70-56(61)62/h13-20,27-30,39-42H,5-12,21-26,60H2,1-4H3,(H,69,83)(H,74,87)(H,75,88)(H,76,89)(H,77,90)(H,78,84)(H,79,85)(H,80,86)(H,81,82)(H4,61,62,70)(H4,63,64,71)(H4,65,66,72)(H4,67,68,73)/t39-,40-,41-,42-/m1/s1. The van der Waals surface area contributed by atoms with Crippen molar-refractivity contribution < 1.29 is 67.2 Å². The molecule has 94 heavy (non-hydrogen) atoms. The number of carboxylic acid groups (broad SMARTS) is 1. The third-order valence-corrected chi connectivity index (χ3v) is 13.6. The highest BCUT2D eigenvalue weighted by molar-refractivity contribution is 6.08. The first kappa shape index (κ1) is 74.8. The molecule has 0 aliphatic heterocycles. The van der Waals surface area contributed by atoms with Crippen LogP contribution in [0.15, 0.2) is 72.8 Å². The largest absolute Gasteiger partial charge is 0.496 e. The number of anilines is 4. The Labute approximate surface area is 540 Å². The Morgan fingerprint density at radius 2 is 0.660 bits per heavy atom. The average molecular weight is 1310 g/mol. The summed E-state index contributed by atoms with van der Waals surface area (Å²) in [5.74, 6) is -8.17. The molecule has 8 amide bonds. The van der Waals surface area contributed by atoms with Gasteiger partial charge in [0, 0.05) is 55.5 Å². The Bertz CT molecular complexity index is 3410. The molecule has 4 aromatic rings. The summed E-state index contributed by atoms with van der Waals surface area (Å²) in [6.07, 6.45) is 0.798. The number of aliphatic carboxylic acids is 1. The summed E-state index contributed by atoms with van der Waals surface area (Å²) in [7, 11) is 5.21. The highest BCUT2D eigenvalue weighted by atomic mass is 16.5. The zero-order valence-corrected chi connectivity index (χ0v) is 52.3. The average Bonchev–Trinajstić information content (AvgIpc) is 0.925. The second-order valence-electron chi connectivity index (χ2n) is 20.6. The van der Waals surface area contributed by atoms with Crippen LogP contribution in [0.3, 0.4) is 0 Å². The monoisotopic (exact) mass is 1310 g/mol. The van der Waals surface area contributed by atoms with Crippen LogP contribution >= 0.6 is 0 Å². The van der Waals surface area contributed by atoms with Crippen molar-refractivity contribution in [3.8, 4) is 23.0 Å². The maximum absolute atomic E-state index is 14.4. The maximum Gasteiger partial charge on any atom is 0.305 e. The molecule has 4 atom stereocenters. The van der Waals surface area contributed by atoms with E-state index < -0.39 is 77.4 Å². The molecular weight excluding hydrogens is 1230 g/mol. The number of hydrogen-bond acceptors (Lipinski definition) is 18. The normalized spacial score (nSPS) is 11.8. The van der Waals surface area contributed by atoms with Crippen molar-refractivity contribution in [1.82, 2.24) is 42.5 Å². The number of rotatable bonds is 38. The summed E-state index contributed by atoms with van der Waals surface area (Å²) < 4.78 is 21.8. The van der Waals surface area contributed by atoms with Crippen LogP contribution in [0, 0.1) is 21.6 Å². The van der Waals surface area contributed by atoms with Gasteiger partial charge in [0.25, 0.3) is 23.6 Å². The smallest absolute Gasteiger partial charge is 0.305 e. The van der Waals surface area contributed by atoms with E-state index in [2.05, 4.69) is 63.8 Å². The van der Waals surface area contributed by atoms with E-state index in [-0.39, 0.29) is 169 Å². The number of carboxylic acids is 1. The van der Waals surface area contributed by atoms with Crippen LogP contribution in [-0.2, 0) is 24.0 Å². The molecule has 508 valence electrons. The van der Waals surface area contributed by atoms with Crippen molar-refractivity contribution >= 4 is 99.8 Å². The molecule has 0 bridgehead atoms. The van der Waals surface area contributed by atoms with Gasteiger partial charge in [0.1, 0.15) is 41.1 Å². The minimum Gasteiger partial charge on any atom is -0.496 e. The minimum atomic E-state index is -1.35. The quantitative estimate of drug-likeness (QED) is 0.0152. The molecule has 4 rings (SSSR count). The summed E-state index contributed by atoms with van der Waals surface area (Å²) in [6.45, 7) is 0.496. The minimum absolute atomic E-state index is 0.0112. The first-order valence-electron chi connectivity index (χ1n) is 29.2. The first-order valence-corrected chi connectivity index (χ1v) is 29.2. The van der Waals surface area contributed by atoms with E-state index in [9.17, 15) is 43.2 Å².